The quantitative estimate of drug-likeness (QED) is 0.777. The van der Waals surface area contributed by atoms with Crippen LogP contribution in [0.15, 0.2) is 30.5 Å². The minimum atomic E-state index is 0.0775. The maximum absolute atomic E-state index is 5.48. The Kier molecular flexibility index (Phi) is 5.42. The van der Waals surface area contributed by atoms with Gasteiger partial charge in [-0.1, -0.05) is 19.1 Å². The number of aromatic nitrogens is 2. The molecule has 0 aliphatic carbocycles. The zero-order valence-electron chi connectivity index (χ0n) is 12.1. The monoisotopic (exact) mass is 385 g/mol. The Labute approximate surface area is 133 Å². The summed E-state index contributed by atoms with van der Waals surface area (Å²) in [5.41, 5.74) is 2.30. The lowest BCUT2D eigenvalue weighted by molar-refractivity contribution is 0.400. The van der Waals surface area contributed by atoms with E-state index in [1.165, 1.54) is 9.13 Å². The minimum Gasteiger partial charge on any atom is -0.493 e. The molecule has 1 aromatic heterocycles. The van der Waals surface area contributed by atoms with Crippen molar-refractivity contribution in [3.05, 3.63) is 45.3 Å². The maximum Gasteiger partial charge on any atom is 0.161 e. The Morgan fingerprint density at radius 1 is 1.45 bits per heavy atom. The van der Waals surface area contributed by atoms with Gasteiger partial charge in [-0.05, 0) is 53.8 Å². The fourth-order valence-corrected chi connectivity index (χ4v) is 2.93. The lowest BCUT2D eigenvalue weighted by Gasteiger charge is -2.20. The zero-order valence-corrected chi connectivity index (χ0v) is 14.2. The molecular weight excluding hydrogens is 365 g/mol. The summed E-state index contributed by atoms with van der Waals surface area (Å²) in [7, 11) is 3.66. The van der Waals surface area contributed by atoms with Gasteiger partial charge in [-0.15, -0.1) is 0 Å². The van der Waals surface area contributed by atoms with Crippen LogP contribution in [0.2, 0.25) is 0 Å². The van der Waals surface area contributed by atoms with Gasteiger partial charge < -0.3 is 10.1 Å². The molecule has 0 amide bonds. The van der Waals surface area contributed by atoms with Crippen molar-refractivity contribution in [1.29, 1.82) is 0 Å². The van der Waals surface area contributed by atoms with Gasteiger partial charge in [0.05, 0.1) is 19.3 Å². The van der Waals surface area contributed by atoms with E-state index in [1.54, 1.807) is 13.3 Å². The largest absolute Gasteiger partial charge is 0.493 e. The molecule has 1 unspecified atom stereocenters. The topological polar surface area (TPSA) is 39.1 Å². The fraction of sp³-hybridized carbons (Fsp3) is 0.400. The smallest absolute Gasteiger partial charge is 0.161 e. The number of benzene rings is 1. The molecule has 5 heteroatoms. The van der Waals surface area contributed by atoms with E-state index < -0.39 is 0 Å². The first-order valence-corrected chi connectivity index (χ1v) is 7.81. The third-order valence-corrected chi connectivity index (χ3v) is 3.92. The number of hydrogen-bond donors (Lipinski definition) is 1. The molecule has 0 aliphatic heterocycles. The van der Waals surface area contributed by atoms with Gasteiger partial charge in [-0.2, -0.15) is 5.10 Å². The highest BCUT2D eigenvalue weighted by Gasteiger charge is 2.22. The lowest BCUT2D eigenvalue weighted by atomic mass is 10.0. The van der Waals surface area contributed by atoms with Crippen LogP contribution in [0.25, 0.3) is 0 Å². The third kappa shape index (κ3) is 3.15. The van der Waals surface area contributed by atoms with E-state index >= 15 is 0 Å². The number of methoxy groups -OCH3 is 1. The van der Waals surface area contributed by atoms with E-state index in [0.717, 1.165) is 24.4 Å². The summed E-state index contributed by atoms with van der Waals surface area (Å²) in [4.78, 5) is 0. The van der Waals surface area contributed by atoms with Crippen molar-refractivity contribution >= 4 is 22.6 Å². The van der Waals surface area contributed by atoms with Crippen LogP contribution in [0.5, 0.6) is 5.75 Å². The van der Waals surface area contributed by atoms with Crippen molar-refractivity contribution in [2.75, 3.05) is 14.2 Å². The number of halogens is 1. The SMILES string of the molecule is CCCn1ncc(OC)c1C(NC)c1cccc(I)c1. The number of nitrogens with one attached hydrogen (secondary N) is 1. The van der Waals surface area contributed by atoms with Crippen LogP contribution in [-0.4, -0.2) is 23.9 Å². The van der Waals surface area contributed by atoms with Crippen LogP contribution >= 0.6 is 22.6 Å². The second-order valence-corrected chi connectivity index (χ2v) is 5.84. The molecule has 0 radical (unpaired) electrons. The zero-order chi connectivity index (χ0) is 14.5. The van der Waals surface area contributed by atoms with E-state index in [2.05, 4.69) is 64.2 Å². The Morgan fingerprint density at radius 2 is 2.25 bits per heavy atom. The minimum absolute atomic E-state index is 0.0775. The second-order valence-electron chi connectivity index (χ2n) is 4.60. The summed E-state index contributed by atoms with van der Waals surface area (Å²) in [6.45, 7) is 3.04. The summed E-state index contributed by atoms with van der Waals surface area (Å²) in [6.07, 6.45) is 2.84. The molecule has 1 N–H and O–H groups in total. The Bertz CT molecular complexity index is 568. The Hall–Kier alpha value is -1.08. The summed E-state index contributed by atoms with van der Waals surface area (Å²) < 4.78 is 8.73. The van der Waals surface area contributed by atoms with Gasteiger partial charge in [0.25, 0.3) is 0 Å². The number of rotatable bonds is 6. The molecule has 2 rings (SSSR count). The molecule has 4 nitrogen and oxygen atoms in total. The number of ether oxygens (including phenoxy) is 1. The van der Waals surface area contributed by atoms with Crippen LogP contribution in [-0.2, 0) is 6.54 Å². The summed E-state index contributed by atoms with van der Waals surface area (Å²) in [5, 5.41) is 7.82. The number of hydrogen-bond acceptors (Lipinski definition) is 3. The fourth-order valence-electron chi connectivity index (χ4n) is 2.36. The van der Waals surface area contributed by atoms with Crippen molar-refractivity contribution < 1.29 is 4.74 Å². The molecule has 0 saturated heterocycles. The molecule has 0 spiro atoms. The first-order chi connectivity index (χ1) is 9.71. The molecule has 20 heavy (non-hydrogen) atoms. The van der Waals surface area contributed by atoms with Crippen molar-refractivity contribution in [3.8, 4) is 5.75 Å². The van der Waals surface area contributed by atoms with Gasteiger partial charge >= 0.3 is 0 Å². The van der Waals surface area contributed by atoms with Crippen LogP contribution in [0.1, 0.15) is 30.6 Å². The third-order valence-electron chi connectivity index (χ3n) is 3.24. The Morgan fingerprint density at radius 3 is 2.85 bits per heavy atom. The Balaban J connectivity index is 2.48. The standard InChI is InChI=1S/C15H20IN3O/c1-4-8-19-15(13(20-3)10-18-19)14(17-2)11-6-5-7-12(16)9-11/h5-7,9-10,14,17H,4,8H2,1-3H3. The first-order valence-electron chi connectivity index (χ1n) is 6.73. The van der Waals surface area contributed by atoms with Gasteiger partial charge in [-0.25, -0.2) is 0 Å². The molecule has 1 heterocycles. The van der Waals surface area contributed by atoms with Crippen molar-refractivity contribution in [2.45, 2.75) is 25.9 Å². The highest BCUT2D eigenvalue weighted by atomic mass is 127. The summed E-state index contributed by atoms with van der Waals surface area (Å²) >= 11 is 2.33. The normalized spacial score (nSPS) is 12.4. The molecule has 2 aromatic rings. The molecule has 0 aliphatic rings. The lowest BCUT2D eigenvalue weighted by Crippen LogP contribution is -2.22. The van der Waals surface area contributed by atoms with Gasteiger partial charge in [-0.3, -0.25) is 4.68 Å². The molecule has 108 valence electrons. The van der Waals surface area contributed by atoms with Crippen LogP contribution < -0.4 is 10.1 Å². The number of nitrogens with zero attached hydrogens (tertiary/aromatic N) is 2. The van der Waals surface area contributed by atoms with E-state index in [9.17, 15) is 0 Å². The van der Waals surface area contributed by atoms with Gasteiger partial charge in [0, 0.05) is 10.1 Å². The summed E-state index contributed by atoms with van der Waals surface area (Å²) in [6, 6.07) is 8.57. The van der Waals surface area contributed by atoms with Crippen LogP contribution in [0, 0.1) is 3.57 Å². The van der Waals surface area contributed by atoms with Crippen LogP contribution in [0.4, 0.5) is 0 Å². The average Bonchev–Trinajstić information content (AvgIpc) is 2.84. The molecule has 0 saturated carbocycles. The van der Waals surface area contributed by atoms with E-state index in [0.29, 0.717) is 0 Å². The number of aryl methyl sites for hydroxylation is 1. The van der Waals surface area contributed by atoms with Gasteiger partial charge in [0.1, 0.15) is 5.69 Å². The first kappa shape index (κ1) is 15.3. The molecule has 0 fully saturated rings. The molecular formula is C15H20IN3O. The van der Waals surface area contributed by atoms with E-state index in [1.807, 2.05) is 11.7 Å². The average molecular weight is 385 g/mol. The van der Waals surface area contributed by atoms with Crippen LogP contribution in [0.3, 0.4) is 0 Å². The van der Waals surface area contributed by atoms with Crippen molar-refractivity contribution in [2.24, 2.45) is 0 Å². The van der Waals surface area contributed by atoms with Gasteiger partial charge in [0.2, 0.25) is 0 Å². The van der Waals surface area contributed by atoms with Gasteiger partial charge in [0.15, 0.2) is 5.75 Å². The van der Waals surface area contributed by atoms with Crippen molar-refractivity contribution in [3.63, 3.8) is 0 Å². The highest BCUT2D eigenvalue weighted by molar-refractivity contribution is 14.1. The van der Waals surface area contributed by atoms with E-state index in [4.69, 9.17) is 4.74 Å². The maximum atomic E-state index is 5.48. The molecule has 1 atom stereocenters. The second kappa shape index (κ2) is 7.08. The molecule has 0 bridgehead atoms. The van der Waals surface area contributed by atoms with E-state index in [-0.39, 0.29) is 6.04 Å². The molecule has 1 aromatic carbocycles. The predicted molar refractivity (Wildman–Crippen MR) is 89.1 cm³/mol. The summed E-state index contributed by atoms with van der Waals surface area (Å²) in [5.74, 6) is 0.830. The highest BCUT2D eigenvalue weighted by Crippen LogP contribution is 2.30. The predicted octanol–water partition coefficient (Wildman–Crippen LogP) is 3.22. The van der Waals surface area contributed by atoms with Crippen molar-refractivity contribution in [1.82, 2.24) is 15.1 Å².